The highest BCUT2D eigenvalue weighted by atomic mass is 32.1. The summed E-state index contributed by atoms with van der Waals surface area (Å²) >= 11 is 1.69. The first-order valence-electron chi connectivity index (χ1n) is 5.38. The minimum absolute atomic E-state index is 0.0826. The van der Waals surface area contributed by atoms with Crippen molar-refractivity contribution in [3.8, 4) is 5.75 Å². The van der Waals surface area contributed by atoms with E-state index in [-0.39, 0.29) is 6.04 Å². The van der Waals surface area contributed by atoms with Crippen LogP contribution in [-0.4, -0.2) is 7.11 Å². The fraction of sp³-hybridized carbons (Fsp3) is 0.500. The van der Waals surface area contributed by atoms with Crippen LogP contribution in [0.1, 0.15) is 36.6 Å². The molecule has 0 bridgehead atoms. The van der Waals surface area contributed by atoms with Gasteiger partial charge in [-0.25, -0.2) is 0 Å². The summed E-state index contributed by atoms with van der Waals surface area (Å²) in [5.41, 5.74) is 7.62. The normalized spacial score (nSPS) is 18.4. The van der Waals surface area contributed by atoms with Crippen LogP contribution in [0.15, 0.2) is 23.1 Å². The molecule has 0 spiro atoms. The first-order valence-corrected chi connectivity index (χ1v) is 6.26. The van der Waals surface area contributed by atoms with Gasteiger partial charge in [0, 0.05) is 10.3 Å². The van der Waals surface area contributed by atoms with Gasteiger partial charge in [0.15, 0.2) is 0 Å². The van der Waals surface area contributed by atoms with Gasteiger partial charge in [-0.2, -0.15) is 0 Å². The summed E-state index contributed by atoms with van der Waals surface area (Å²) in [6, 6.07) is 2.13. The van der Waals surface area contributed by atoms with E-state index >= 15 is 0 Å². The predicted octanol–water partition coefficient (Wildman–Crippen LogP) is 3.26. The quantitative estimate of drug-likeness (QED) is 0.798. The largest absolute Gasteiger partial charge is 0.496 e. The number of ether oxygens (including phenoxy) is 1. The smallest absolute Gasteiger partial charge is 0.129 e. The first kappa shape index (κ1) is 10.7. The van der Waals surface area contributed by atoms with Crippen molar-refractivity contribution in [3.63, 3.8) is 0 Å². The number of allylic oxidation sites excluding steroid dienone is 1. The molecule has 1 unspecified atom stereocenters. The number of thiophene rings is 1. The lowest BCUT2D eigenvalue weighted by Crippen LogP contribution is -2.13. The lowest BCUT2D eigenvalue weighted by atomic mass is 9.93. The Hall–Kier alpha value is -0.800. The first-order chi connectivity index (χ1) is 7.31. The Morgan fingerprint density at radius 3 is 2.93 bits per heavy atom. The average molecular weight is 223 g/mol. The van der Waals surface area contributed by atoms with Gasteiger partial charge in [-0.05, 0) is 31.7 Å². The van der Waals surface area contributed by atoms with E-state index in [9.17, 15) is 0 Å². The molecule has 0 aromatic carbocycles. The SMILES string of the molecule is COc1csc(C(N)C2=CCCCC2)c1. The number of hydrogen-bond acceptors (Lipinski definition) is 3. The third-order valence-corrected chi connectivity index (χ3v) is 3.86. The number of methoxy groups -OCH3 is 1. The van der Waals surface area contributed by atoms with Crippen molar-refractivity contribution in [1.29, 1.82) is 0 Å². The molecule has 0 amide bonds. The van der Waals surface area contributed by atoms with E-state index < -0.39 is 0 Å². The Morgan fingerprint density at radius 1 is 1.47 bits per heavy atom. The monoisotopic (exact) mass is 223 g/mol. The second kappa shape index (κ2) is 4.81. The summed E-state index contributed by atoms with van der Waals surface area (Å²) in [6.45, 7) is 0. The molecule has 3 heteroatoms. The van der Waals surface area contributed by atoms with Gasteiger partial charge < -0.3 is 10.5 Å². The fourth-order valence-electron chi connectivity index (χ4n) is 1.93. The molecule has 1 aromatic rings. The fourth-order valence-corrected chi connectivity index (χ4v) is 2.83. The highest BCUT2D eigenvalue weighted by Gasteiger charge is 2.15. The Balaban J connectivity index is 2.12. The van der Waals surface area contributed by atoms with Crippen molar-refractivity contribution in [2.75, 3.05) is 7.11 Å². The van der Waals surface area contributed by atoms with E-state index in [1.807, 2.05) is 11.4 Å². The summed E-state index contributed by atoms with van der Waals surface area (Å²) < 4.78 is 5.17. The molecule has 0 fully saturated rings. The van der Waals surface area contributed by atoms with Gasteiger partial charge >= 0.3 is 0 Å². The van der Waals surface area contributed by atoms with E-state index in [2.05, 4.69) is 6.08 Å². The van der Waals surface area contributed by atoms with Crippen LogP contribution in [0.3, 0.4) is 0 Å². The molecule has 0 saturated heterocycles. The predicted molar refractivity (Wildman–Crippen MR) is 64.4 cm³/mol. The van der Waals surface area contributed by atoms with Crippen LogP contribution in [0.2, 0.25) is 0 Å². The van der Waals surface area contributed by atoms with Gasteiger partial charge in [-0.1, -0.05) is 11.6 Å². The third-order valence-electron chi connectivity index (χ3n) is 2.86. The number of hydrogen-bond donors (Lipinski definition) is 1. The molecular weight excluding hydrogens is 206 g/mol. The molecule has 2 N–H and O–H groups in total. The third kappa shape index (κ3) is 2.41. The van der Waals surface area contributed by atoms with Gasteiger partial charge in [0.2, 0.25) is 0 Å². The highest BCUT2D eigenvalue weighted by molar-refractivity contribution is 7.10. The van der Waals surface area contributed by atoms with Gasteiger partial charge in [0.1, 0.15) is 5.75 Å². The minimum Gasteiger partial charge on any atom is -0.496 e. The van der Waals surface area contributed by atoms with Crippen LogP contribution in [0.4, 0.5) is 0 Å². The molecule has 0 aliphatic heterocycles. The molecule has 1 atom stereocenters. The van der Waals surface area contributed by atoms with Crippen LogP contribution < -0.4 is 10.5 Å². The van der Waals surface area contributed by atoms with E-state index in [1.54, 1.807) is 18.4 Å². The Morgan fingerprint density at radius 2 is 2.33 bits per heavy atom. The highest BCUT2D eigenvalue weighted by Crippen LogP contribution is 2.33. The lowest BCUT2D eigenvalue weighted by molar-refractivity contribution is 0.416. The molecule has 2 nitrogen and oxygen atoms in total. The van der Waals surface area contributed by atoms with Crippen LogP contribution in [0, 0.1) is 0 Å². The molecule has 0 saturated carbocycles. The van der Waals surface area contributed by atoms with E-state index in [0.717, 1.165) is 12.2 Å². The van der Waals surface area contributed by atoms with Crippen LogP contribution in [0.25, 0.3) is 0 Å². The number of rotatable bonds is 3. The maximum absolute atomic E-state index is 6.22. The summed E-state index contributed by atoms with van der Waals surface area (Å²) in [7, 11) is 1.69. The van der Waals surface area contributed by atoms with Crippen LogP contribution in [-0.2, 0) is 0 Å². The summed E-state index contributed by atoms with van der Waals surface area (Å²) in [5, 5.41) is 2.01. The molecule has 1 aliphatic rings. The second-order valence-electron chi connectivity index (χ2n) is 3.89. The van der Waals surface area contributed by atoms with Crippen molar-refractivity contribution < 1.29 is 4.74 Å². The maximum Gasteiger partial charge on any atom is 0.129 e. The average Bonchev–Trinajstić information content (AvgIpc) is 2.78. The molecule has 82 valence electrons. The minimum atomic E-state index is 0.0826. The molecule has 1 aromatic heterocycles. The zero-order valence-electron chi connectivity index (χ0n) is 9.03. The molecule has 2 rings (SSSR count). The summed E-state index contributed by atoms with van der Waals surface area (Å²) in [5.74, 6) is 0.918. The lowest BCUT2D eigenvalue weighted by Gasteiger charge is -2.18. The van der Waals surface area contributed by atoms with Crippen LogP contribution >= 0.6 is 11.3 Å². The molecule has 1 heterocycles. The van der Waals surface area contributed by atoms with Crippen molar-refractivity contribution in [2.24, 2.45) is 5.73 Å². The summed E-state index contributed by atoms with van der Waals surface area (Å²) in [4.78, 5) is 1.21. The zero-order valence-corrected chi connectivity index (χ0v) is 9.85. The molecular formula is C12H17NOS. The second-order valence-corrected chi connectivity index (χ2v) is 4.83. The van der Waals surface area contributed by atoms with Gasteiger partial charge in [0.05, 0.1) is 13.2 Å². The van der Waals surface area contributed by atoms with Crippen molar-refractivity contribution in [2.45, 2.75) is 31.7 Å². The van der Waals surface area contributed by atoms with Crippen molar-refractivity contribution in [3.05, 3.63) is 28.0 Å². The standard InChI is InChI=1S/C12H17NOS/c1-14-10-7-11(15-8-10)12(13)9-5-3-2-4-6-9/h5,7-8,12H,2-4,6,13H2,1H3. The van der Waals surface area contributed by atoms with Crippen molar-refractivity contribution in [1.82, 2.24) is 0 Å². The Bertz CT molecular complexity index is 356. The molecule has 0 radical (unpaired) electrons. The number of nitrogens with two attached hydrogens (primary N) is 1. The molecule has 1 aliphatic carbocycles. The Labute approximate surface area is 94.7 Å². The van der Waals surface area contributed by atoms with Crippen LogP contribution in [0.5, 0.6) is 5.75 Å². The van der Waals surface area contributed by atoms with Gasteiger partial charge in [-0.15, -0.1) is 11.3 Å². The van der Waals surface area contributed by atoms with E-state index in [0.29, 0.717) is 0 Å². The van der Waals surface area contributed by atoms with E-state index in [4.69, 9.17) is 10.5 Å². The van der Waals surface area contributed by atoms with Gasteiger partial charge in [0.25, 0.3) is 0 Å². The van der Waals surface area contributed by atoms with E-state index in [1.165, 1.54) is 29.7 Å². The van der Waals surface area contributed by atoms with Gasteiger partial charge in [-0.3, -0.25) is 0 Å². The molecule has 15 heavy (non-hydrogen) atoms. The topological polar surface area (TPSA) is 35.2 Å². The Kier molecular flexibility index (Phi) is 3.44. The van der Waals surface area contributed by atoms with Crippen molar-refractivity contribution >= 4 is 11.3 Å². The zero-order chi connectivity index (χ0) is 10.7. The summed E-state index contributed by atoms with van der Waals surface area (Å²) in [6.07, 6.45) is 7.24. The maximum atomic E-state index is 6.22.